The number of amides is 3. The van der Waals surface area contributed by atoms with E-state index in [0.717, 1.165) is 34.2 Å². The van der Waals surface area contributed by atoms with E-state index in [1.165, 1.54) is 18.2 Å². The van der Waals surface area contributed by atoms with Crippen LogP contribution >= 0.6 is 23.4 Å². The Kier molecular flexibility index (Phi) is 12.4. The monoisotopic (exact) mass is 662 g/mol. The summed E-state index contributed by atoms with van der Waals surface area (Å²) in [6, 6.07) is 17.7. The Bertz CT molecular complexity index is 1640. The van der Waals surface area contributed by atoms with E-state index >= 15 is 0 Å². The van der Waals surface area contributed by atoms with Crippen LogP contribution in [-0.2, 0) is 27.4 Å². The van der Waals surface area contributed by atoms with Crippen LogP contribution in [0.1, 0.15) is 53.7 Å². The number of benzene rings is 3. The molecule has 0 aliphatic carbocycles. The zero-order valence-corrected chi connectivity index (χ0v) is 27.2. The third-order valence-corrected chi connectivity index (χ3v) is 7.96. The summed E-state index contributed by atoms with van der Waals surface area (Å²) < 4.78 is 17.3. The maximum Gasteiger partial charge on any atom is 0.339 e. The number of hydrogen-bond donors (Lipinski definition) is 1. The molecular formula is C35H35ClN2O7S. The average Bonchev–Trinajstić information content (AvgIpc) is 3.29. The Balaban J connectivity index is 1.49. The van der Waals surface area contributed by atoms with Gasteiger partial charge in [-0.3, -0.25) is 19.3 Å². The normalized spacial score (nSPS) is 13.5. The molecule has 0 radical (unpaired) electrons. The Hall–Kier alpha value is -4.54. The van der Waals surface area contributed by atoms with Crippen molar-refractivity contribution < 1.29 is 33.4 Å². The number of hydrogen-bond acceptors (Lipinski definition) is 8. The Morgan fingerprint density at radius 1 is 1.04 bits per heavy atom. The fourth-order valence-corrected chi connectivity index (χ4v) is 5.54. The SMILES string of the molecule is C=CCc1cc(/C=C2\SC(=O)N(CC(=O)Nc3ccc(Cl)c(C(=O)OCCCC)c3)C2=O)cc(OCC)c1OCc1ccccc1. The maximum absolute atomic E-state index is 13.3. The standard InChI is InChI=1S/C35H35ClN2O7S/c1-4-7-16-44-34(41)27-20-26(14-15-28(27)36)37-31(39)21-38-33(40)30(46-35(38)42)19-24-17-25(11-5-2)32(29(18-24)43-6-3)45-22-23-12-9-8-10-13-23/h5,8-10,12-15,17-20H,2,4,6-7,11,16,21-22H2,1,3H3,(H,37,39)/b30-19-. The molecule has 0 atom stereocenters. The van der Waals surface area contributed by atoms with Crippen molar-refractivity contribution in [2.75, 3.05) is 25.1 Å². The van der Waals surface area contributed by atoms with Crippen molar-refractivity contribution in [1.82, 2.24) is 4.90 Å². The van der Waals surface area contributed by atoms with E-state index in [9.17, 15) is 19.2 Å². The number of nitrogens with one attached hydrogen (secondary N) is 1. The van der Waals surface area contributed by atoms with Crippen molar-refractivity contribution in [3.8, 4) is 11.5 Å². The molecule has 1 heterocycles. The van der Waals surface area contributed by atoms with Crippen molar-refractivity contribution in [2.24, 2.45) is 0 Å². The third-order valence-electron chi connectivity index (χ3n) is 6.72. The number of rotatable bonds is 15. The summed E-state index contributed by atoms with van der Waals surface area (Å²) in [6.07, 6.45) is 5.40. The molecular weight excluding hydrogens is 628 g/mol. The number of nitrogens with zero attached hydrogens (tertiary/aromatic N) is 1. The summed E-state index contributed by atoms with van der Waals surface area (Å²) in [7, 11) is 0. The van der Waals surface area contributed by atoms with E-state index in [1.54, 1.807) is 18.2 Å². The first kappa shape index (κ1) is 34.3. The van der Waals surface area contributed by atoms with Crippen LogP contribution in [0.15, 0.2) is 78.2 Å². The summed E-state index contributed by atoms with van der Waals surface area (Å²) in [5.41, 5.74) is 2.80. The number of imide groups is 1. The van der Waals surface area contributed by atoms with Crippen LogP contribution in [0.5, 0.6) is 11.5 Å². The van der Waals surface area contributed by atoms with E-state index in [1.807, 2.05) is 50.2 Å². The Morgan fingerprint density at radius 3 is 2.54 bits per heavy atom. The molecule has 0 saturated carbocycles. The molecule has 3 aromatic rings. The highest BCUT2D eigenvalue weighted by Crippen LogP contribution is 2.38. The number of unbranched alkanes of at least 4 members (excludes halogenated alkanes) is 1. The van der Waals surface area contributed by atoms with E-state index in [4.69, 9.17) is 25.8 Å². The topological polar surface area (TPSA) is 111 Å². The molecule has 240 valence electrons. The van der Waals surface area contributed by atoms with Crippen LogP contribution in [0.4, 0.5) is 10.5 Å². The zero-order chi connectivity index (χ0) is 33.1. The summed E-state index contributed by atoms with van der Waals surface area (Å²) in [5, 5.41) is 2.21. The minimum Gasteiger partial charge on any atom is -0.490 e. The van der Waals surface area contributed by atoms with Gasteiger partial charge in [-0.25, -0.2) is 4.79 Å². The van der Waals surface area contributed by atoms with Gasteiger partial charge >= 0.3 is 5.97 Å². The van der Waals surface area contributed by atoms with Gasteiger partial charge in [-0.05, 0) is 79.1 Å². The largest absolute Gasteiger partial charge is 0.490 e. The van der Waals surface area contributed by atoms with E-state index in [2.05, 4.69) is 11.9 Å². The first-order valence-corrected chi connectivity index (χ1v) is 16.0. The van der Waals surface area contributed by atoms with Crippen molar-refractivity contribution in [2.45, 2.75) is 39.7 Å². The van der Waals surface area contributed by atoms with E-state index in [-0.39, 0.29) is 27.8 Å². The van der Waals surface area contributed by atoms with Gasteiger partial charge in [0.2, 0.25) is 5.91 Å². The van der Waals surface area contributed by atoms with Gasteiger partial charge in [-0.15, -0.1) is 6.58 Å². The molecule has 1 fully saturated rings. The van der Waals surface area contributed by atoms with E-state index in [0.29, 0.717) is 43.1 Å². The number of thioether (sulfide) groups is 1. The Labute approximate surface area is 277 Å². The zero-order valence-electron chi connectivity index (χ0n) is 25.7. The number of esters is 1. The lowest BCUT2D eigenvalue weighted by Crippen LogP contribution is -2.36. The van der Waals surface area contributed by atoms with Gasteiger partial charge in [0.1, 0.15) is 13.2 Å². The van der Waals surface area contributed by atoms with Gasteiger partial charge in [0.05, 0.1) is 28.7 Å². The Morgan fingerprint density at radius 2 is 1.83 bits per heavy atom. The van der Waals surface area contributed by atoms with Crippen LogP contribution in [-0.4, -0.2) is 47.7 Å². The smallest absolute Gasteiger partial charge is 0.339 e. The fraction of sp³-hybridized carbons (Fsp3) is 0.257. The van der Waals surface area contributed by atoms with Gasteiger partial charge in [-0.2, -0.15) is 0 Å². The molecule has 1 N–H and O–H groups in total. The van der Waals surface area contributed by atoms with Gasteiger partial charge in [-0.1, -0.05) is 61.4 Å². The molecule has 0 bridgehead atoms. The molecule has 0 aromatic heterocycles. The van der Waals surface area contributed by atoms with Gasteiger partial charge in [0.25, 0.3) is 11.1 Å². The van der Waals surface area contributed by atoms with Crippen LogP contribution in [0.3, 0.4) is 0 Å². The number of carbonyl (C=O) groups is 4. The van der Waals surface area contributed by atoms with Gasteiger partial charge in [0, 0.05) is 11.3 Å². The number of halogens is 1. The molecule has 3 aromatic carbocycles. The molecule has 11 heteroatoms. The van der Waals surface area contributed by atoms with Crippen molar-refractivity contribution in [3.05, 3.63) is 106 Å². The second-order valence-electron chi connectivity index (χ2n) is 10.2. The van der Waals surface area contributed by atoms with E-state index < -0.39 is 29.6 Å². The van der Waals surface area contributed by atoms with Crippen molar-refractivity contribution >= 4 is 58.1 Å². The molecule has 9 nitrogen and oxygen atoms in total. The third kappa shape index (κ3) is 9.02. The lowest BCUT2D eigenvalue weighted by atomic mass is 10.0. The van der Waals surface area contributed by atoms with Crippen molar-refractivity contribution in [1.29, 1.82) is 0 Å². The van der Waals surface area contributed by atoms with Gasteiger partial charge < -0.3 is 19.5 Å². The van der Waals surface area contributed by atoms with Gasteiger partial charge in [0.15, 0.2) is 11.5 Å². The highest BCUT2D eigenvalue weighted by atomic mass is 35.5. The predicted molar refractivity (Wildman–Crippen MR) is 180 cm³/mol. The number of carbonyl (C=O) groups excluding carboxylic acids is 4. The average molecular weight is 663 g/mol. The number of anilines is 1. The number of ether oxygens (including phenoxy) is 3. The van der Waals surface area contributed by atoms with Crippen LogP contribution in [0.2, 0.25) is 5.02 Å². The first-order valence-electron chi connectivity index (χ1n) is 14.8. The molecule has 1 saturated heterocycles. The van der Waals surface area contributed by atoms with Crippen LogP contribution in [0.25, 0.3) is 6.08 Å². The molecule has 0 spiro atoms. The summed E-state index contributed by atoms with van der Waals surface area (Å²) in [4.78, 5) is 52.4. The van der Waals surface area contributed by atoms with Crippen molar-refractivity contribution in [3.63, 3.8) is 0 Å². The lowest BCUT2D eigenvalue weighted by Gasteiger charge is -2.17. The number of allylic oxidation sites excluding steroid dienone is 1. The molecule has 4 rings (SSSR count). The molecule has 46 heavy (non-hydrogen) atoms. The first-order chi connectivity index (χ1) is 22.2. The summed E-state index contributed by atoms with van der Waals surface area (Å²) in [5.74, 6) is -0.756. The minimum absolute atomic E-state index is 0.100. The fourth-order valence-electron chi connectivity index (χ4n) is 4.51. The highest BCUT2D eigenvalue weighted by molar-refractivity contribution is 8.18. The van der Waals surface area contributed by atoms with Crippen LogP contribution < -0.4 is 14.8 Å². The molecule has 1 aliphatic heterocycles. The van der Waals surface area contributed by atoms with Crippen LogP contribution in [0, 0.1) is 0 Å². The second-order valence-corrected chi connectivity index (χ2v) is 11.6. The summed E-state index contributed by atoms with van der Waals surface area (Å²) in [6.45, 7) is 8.16. The molecule has 3 amide bonds. The lowest BCUT2D eigenvalue weighted by molar-refractivity contribution is -0.127. The highest BCUT2D eigenvalue weighted by Gasteiger charge is 2.36. The predicted octanol–water partition coefficient (Wildman–Crippen LogP) is 7.68. The molecule has 0 unspecified atom stereocenters. The maximum atomic E-state index is 13.3. The second kappa shape index (κ2) is 16.7. The molecule has 1 aliphatic rings. The minimum atomic E-state index is -0.622. The summed E-state index contributed by atoms with van der Waals surface area (Å²) >= 11 is 6.90. The quantitative estimate of drug-likeness (QED) is 0.0764.